The second-order valence-electron chi connectivity index (χ2n) is 7.90. The summed E-state index contributed by atoms with van der Waals surface area (Å²) in [4.78, 5) is 25.7. The van der Waals surface area contributed by atoms with Gasteiger partial charge in [0.05, 0.1) is 29.7 Å². The molecular formula is C23H25FN8O. The van der Waals surface area contributed by atoms with Gasteiger partial charge in [-0.05, 0) is 44.0 Å². The van der Waals surface area contributed by atoms with Crippen molar-refractivity contribution in [1.29, 1.82) is 5.26 Å². The number of hydrogen-bond acceptors (Lipinski definition) is 8. The lowest BCUT2D eigenvalue weighted by molar-refractivity contribution is 0.102. The third-order valence-corrected chi connectivity index (χ3v) is 5.55. The van der Waals surface area contributed by atoms with Crippen molar-refractivity contribution in [3.8, 4) is 6.07 Å². The van der Waals surface area contributed by atoms with Crippen LogP contribution in [0.15, 0.2) is 46.5 Å². The molecular weight excluding hydrogens is 423 g/mol. The molecule has 0 bridgehead atoms. The highest BCUT2D eigenvalue weighted by molar-refractivity contribution is 6.38. The maximum Gasteiger partial charge on any atom is 0.259 e. The minimum Gasteiger partial charge on any atom is -0.384 e. The van der Waals surface area contributed by atoms with Crippen LogP contribution in [0.3, 0.4) is 0 Å². The van der Waals surface area contributed by atoms with Crippen LogP contribution in [0.1, 0.15) is 23.2 Å². The standard InChI is InChI=1S/C23H25FN8O/c24-18-3-1-2-4-19(18)31-23(33)17-13-30-21(32-22-14-27-16(10-25)12-29-22)9-20(17)28-11-15-5-7-26-8-6-15/h1-4,9,12-13,15,22,26H,5-8,11,14H2,(H,31,33)(H2,28,30,32). The molecule has 33 heavy (non-hydrogen) atoms. The average Bonchev–Trinajstić information content (AvgIpc) is 2.85. The molecule has 1 aromatic heterocycles. The van der Waals surface area contributed by atoms with Gasteiger partial charge >= 0.3 is 0 Å². The van der Waals surface area contributed by atoms with Gasteiger partial charge in [-0.15, -0.1) is 0 Å². The van der Waals surface area contributed by atoms with Gasteiger partial charge < -0.3 is 21.3 Å². The van der Waals surface area contributed by atoms with Crippen LogP contribution < -0.4 is 21.3 Å². The Kier molecular flexibility index (Phi) is 7.22. The molecule has 3 heterocycles. The summed E-state index contributed by atoms with van der Waals surface area (Å²) in [5, 5.41) is 21.4. The normalized spacial score (nSPS) is 18.2. The monoisotopic (exact) mass is 448 g/mol. The fourth-order valence-corrected chi connectivity index (χ4v) is 3.71. The number of aliphatic imine (C=N–C) groups is 2. The molecule has 1 amide bonds. The number of aromatic nitrogens is 1. The fourth-order valence-electron chi connectivity index (χ4n) is 3.71. The van der Waals surface area contributed by atoms with Gasteiger partial charge in [-0.1, -0.05) is 12.1 Å². The van der Waals surface area contributed by atoms with Gasteiger partial charge in [0.25, 0.3) is 5.91 Å². The number of hydrogen-bond donors (Lipinski definition) is 4. The molecule has 10 heteroatoms. The average molecular weight is 449 g/mol. The third kappa shape index (κ3) is 5.90. The number of nitrogens with one attached hydrogen (secondary N) is 4. The number of amides is 1. The van der Waals surface area contributed by atoms with Gasteiger partial charge in [0.2, 0.25) is 0 Å². The number of halogens is 1. The minimum atomic E-state index is -0.506. The van der Waals surface area contributed by atoms with Crippen LogP contribution in [0, 0.1) is 23.1 Å². The van der Waals surface area contributed by atoms with Gasteiger partial charge in [0, 0.05) is 18.8 Å². The molecule has 1 saturated heterocycles. The van der Waals surface area contributed by atoms with Crippen molar-refractivity contribution in [1.82, 2.24) is 10.3 Å². The molecule has 2 aliphatic rings. The SMILES string of the molecule is N#CC1=NCC(Nc2cc(NCC3CCNCC3)c(C(=O)Nc3ccccc3F)cn2)N=C1. The molecule has 1 unspecified atom stereocenters. The summed E-state index contributed by atoms with van der Waals surface area (Å²) < 4.78 is 14.0. The summed E-state index contributed by atoms with van der Waals surface area (Å²) >= 11 is 0. The van der Waals surface area contributed by atoms with E-state index in [2.05, 4.69) is 36.2 Å². The summed E-state index contributed by atoms with van der Waals surface area (Å²) in [6.07, 6.45) is 4.63. The van der Waals surface area contributed by atoms with Gasteiger partial charge in [-0.25, -0.2) is 9.37 Å². The van der Waals surface area contributed by atoms with Crippen molar-refractivity contribution in [2.24, 2.45) is 15.9 Å². The number of nitrogens with zero attached hydrogens (tertiary/aromatic N) is 4. The molecule has 4 N–H and O–H groups in total. The zero-order valence-electron chi connectivity index (χ0n) is 18.0. The molecule has 1 fully saturated rings. The zero-order valence-corrected chi connectivity index (χ0v) is 18.0. The first-order valence-electron chi connectivity index (χ1n) is 10.9. The largest absolute Gasteiger partial charge is 0.384 e. The molecule has 4 rings (SSSR count). The lowest BCUT2D eigenvalue weighted by Gasteiger charge is -2.24. The quantitative estimate of drug-likeness (QED) is 0.516. The first-order chi connectivity index (χ1) is 16.1. The van der Waals surface area contributed by atoms with Crippen LogP contribution in [0.4, 0.5) is 21.6 Å². The molecule has 1 atom stereocenters. The van der Waals surface area contributed by atoms with Gasteiger partial charge in [0.1, 0.15) is 23.9 Å². The highest BCUT2D eigenvalue weighted by Gasteiger charge is 2.19. The highest BCUT2D eigenvalue weighted by atomic mass is 19.1. The summed E-state index contributed by atoms with van der Waals surface area (Å²) in [5.74, 6) is 0.0441. The number of anilines is 3. The van der Waals surface area contributed by atoms with E-state index in [0.29, 0.717) is 36.1 Å². The van der Waals surface area contributed by atoms with Crippen molar-refractivity contribution < 1.29 is 9.18 Å². The topological polar surface area (TPSA) is 127 Å². The molecule has 9 nitrogen and oxygen atoms in total. The molecule has 0 aliphatic carbocycles. The van der Waals surface area contributed by atoms with E-state index in [1.807, 2.05) is 6.07 Å². The van der Waals surface area contributed by atoms with E-state index in [1.54, 1.807) is 18.2 Å². The van der Waals surface area contributed by atoms with Crippen LogP contribution in [0.25, 0.3) is 0 Å². The minimum absolute atomic E-state index is 0.108. The molecule has 170 valence electrons. The Morgan fingerprint density at radius 3 is 2.79 bits per heavy atom. The van der Waals surface area contributed by atoms with E-state index in [-0.39, 0.29) is 17.6 Å². The predicted molar refractivity (Wildman–Crippen MR) is 126 cm³/mol. The van der Waals surface area contributed by atoms with Gasteiger partial charge in [-0.3, -0.25) is 14.8 Å². The zero-order chi connectivity index (χ0) is 23.0. The molecule has 0 radical (unpaired) electrons. The summed E-state index contributed by atoms with van der Waals surface area (Å²) in [7, 11) is 0. The second kappa shape index (κ2) is 10.7. The van der Waals surface area contributed by atoms with E-state index < -0.39 is 11.7 Å². The molecule has 2 aromatic rings. The number of carbonyl (C=O) groups excluding carboxylic acids is 1. The Morgan fingerprint density at radius 1 is 1.24 bits per heavy atom. The Hall–Kier alpha value is -3.84. The van der Waals surface area contributed by atoms with Crippen LogP contribution in [-0.4, -0.2) is 55.2 Å². The van der Waals surface area contributed by atoms with E-state index in [0.717, 1.165) is 25.9 Å². The summed E-state index contributed by atoms with van der Waals surface area (Å²) in [6, 6.07) is 9.73. The number of piperidine rings is 1. The molecule has 0 spiro atoms. The first-order valence-corrected chi connectivity index (χ1v) is 10.9. The maximum absolute atomic E-state index is 14.0. The van der Waals surface area contributed by atoms with E-state index in [4.69, 9.17) is 5.26 Å². The van der Waals surface area contributed by atoms with Crippen LogP contribution in [-0.2, 0) is 0 Å². The summed E-state index contributed by atoms with van der Waals surface area (Å²) in [5.41, 5.74) is 1.30. The van der Waals surface area contributed by atoms with Crippen molar-refractivity contribution in [3.63, 3.8) is 0 Å². The van der Waals surface area contributed by atoms with Crippen molar-refractivity contribution in [2.45, 2.75) is 19.0 Å². The van der Waals surface area contributed by atoms with Gasteiger partial charge in [0.15, 0.2) is 5.71 Å². The van der Waals surface area contributed by atoms with Crippen LogP contribution in [0.5, 0.6) is 0 Å². The lowest BCUT2D eigenvalue weighted by atomic mass is 9.98. The fraction of sp³-hybridized carbons (Fsp3) is 0.348. The van der Waals surface area contributed by atoms with Crippen molar-refractivity contribution in [3.05, 3.63) is 47.9 Å². The van der Waals surface area contributed by atoms with Crippen LogP contribution >= 0.6 is 0 Å². The Labute approximate surface area is 191 Å². The number of pyridine rings is 1. The maximum atomic E-state index is 14.0. The smallest absolute Gasteiger partial charge is 0.259 e. The Morgan fingerprint density at radius 2 is 2.06 bits per heavy atom. The number of rotatable bonds is 7. The Balaban J connectivity index is 1.52. The van der Waals surface area contributed by atoms with E-state index in [9.17, 15) is 9.18 Å². The van der Waals surface area contributed by atoms with Crippen molar-refractivity contribution >= 4 is 35.0 Å². The number of para-hydroxylation sites is 1. The number of nitriles is 1. The lowest BCUT2D eigenvalue weighted by Crippen LogP contribution is -2.31. The Bertz CT molecular complexity index is 1100. The number of carbonyl (C=O) groups is 1. The third-order valence-electron chi connectivity index (χ3n) is 5.55. The first kappa shape index (κ1) is 22.4. The second-order valence-corrected chi connectivity index (χ2v) is 7.90. The molecule has 1 aromatic carbocycles. The van der Waals surface area contributed by atoms with E-state index >= 15 is 0 Å². The van der Waals surface area contributed by atoms with Crippen molar-refractivity contribution in [2.75, 3.05) is 42.1 Å². The molecule has 2 aliphatic heterocycles. The summed E-state index contributed by atoms with van der Waals surface area (Å²) in [6.45, 7) is 2.97. The van der Waals surface area contributed by atoms with Gasteiger partial charge in [-0.2, -0.15) is 5.26 Å². The van der Waals surface area contributed by atoms with Crippen LogP contribution in [0.2, 0.25) is 0 Å². The molecule has 0 saturated carbocycles. The predicted octanol–water partition coefficient (Wildman–Crippen LogP) is 2.67. The van der Waals surface area contributed by atoms with E-state index in [1.165, 1.54) is 24.5 Å². The highest BCUT2D eigenvalue weighted by Crippen LogP contribution is 2.23. The number of benzene rings is 1.